The minimum Gasteiger partial charge on any atom is -0.493 e. The highest BCUT2D eigenvalue weighted by molar-refractivity contribution is 5.83. The third-order valence-corrected chi connectivity index (χ3v) is 5.22. The molecule has 1 atom stereocenters. The van der Waals surface area contributed by atoms with Crippen LogP contribution < -0.4 is 15.0 Å². The first-order chi connectivity index (χ1) is 13.2. The quantitative estimate of drug-likeness (QED) is 0.758. The number of hydrogen-bond donors (Lipinski definition) is 1. The Balaban J connectivity index is 1.68. The average Bonchev–Trinajstić information content (AvgIpc) is 3.08. The molecule has 3 heterocycles. The van der Waals surface area contributed by atoms with Gasteiger partial charge in [0.05, 0.1) is 12.3 Å². The molecule has 5 rings (SSSR count). The number of ether oxygens (including phenoxy) is 1. The Bertz CT molecular complexity index is 1020. The van der Waals surface area contributed by atoms with Crippen molar-refractivity contribution in [2.45, 2.75) is 12.5 Å². The first kappa shape index (κ1) is 15.9. The van der Waals surface area contributed by atoms with Gasteiger partial charge in [-0.2, -0.15) is 10.1 Å². The second-order valence-electron chi connectivity index (χ2n) is 7.04. The van der Waals surface area contributed by atoms with E-state index in [-0.39, 0.29) is 6.04 Å². The van der Waals surface area contributed by atoms with Gasteiger partial charge in [0.25, 0.3) is 0 Å². The molecule has 0 radical (unpaired) electrons. The molecule has 3 aromatic rings. The van der Waals surface area contributed by atoms with E-state index in [9.17, 15) is 0 Å². The van der Waals surface area contributed by atoms with Crippen molar-refractivity contribution in [2.75, 3.05) is 30.9 Å². The zero-order chi connectivity index (χ0) is 18.4. The molecule has 2 aliphatic heterocycles. The Morgan fingerprint density at radius 2 is 1.93 bits per heavy atom. The van der Waals surface area contributed by atoms with Crippen LogP contribution in [0.25, 0.3) is 5.70 Å². The van der Waals surface area contributed by atoms with Gasteiger partial charge < -0.3 is 15.0 Å². The molecular weight excluding hydrogens is 338 g/mol. The summed E-state index contributed by atoms with van der Waals surface area (Å²) < 4.78 is 7.98. The number of nitrogens with one attached hydrogen (secondary N) is 1. The van der Waals surface area contributed by atoms with Crippen molar-refractivity contribution in [1.29, 1.82) is 0 Å². The molecule has 0 spiro atoms. The molecule has 0 saturated heterocycles. The minimum absolute atomic E-state index is 0.00437. The first-order valence-corrected chi connectivity index (χ1v) is 9.11. The molecule has 6 nitrogen and oxygen atoms in total. The highest BCUT2D eigenvalue weighted by Gasteiger charge is 2.33. The van der Waals surface area contributed by atoms with Crippen molar-refractivity contribution in [3.63, 3.8) is 0 Å². The summed E-state index contributed by atoms with van der Waals surface area (Å²) in [5.74, 6) is 1.66. The van der Waals surface area contributed by atoms with Gasteiger partial charge in [-0.25, -0.2) is 4.68 Å². The summed E-state index contributed by atoms with van der Waals surface area (Å²) in [6.45, 7) is 0.647. The average molecular weight is 359 g/mol. The normalized spacial score (nSPS) is 17.8. The van der Waals surface area contributed by atoms with E-state index < -0.39 is 0 Å². The van der Waals surface area contributed by atoms with Crippen LogP contribution in [0.3, 0.4) is 0 Å². The minimum atomic E-state index is 0.00437. The number of rotatable bonds is 2. The van der Waals surface area contributed by atoms with Crippen molar-refractivity contribution in [3.8, 4) is 5.75 Å². The molecular formula is C21H21N5O. The van der Waals surface area contributed by atoms with E-state index >= 15 is 0 Å². The van der Waals surface area contributed by atoms with Crippen LogP contribution >= 0.6 is 0 Å². The van der Waals surface area contributed by atoms with Gasteiger partial charge in [0.2, 0.25) is 5.95 Å². The fraction of sp³-hybridized carbons (Fsp3) is 0.238. The Hall–Kier alpha value is -3.28. The maximum absolute atomic E-state index is 6.01. The Morgan fingerprint density at radius 1 is 1.11 bits per heavy atom. The molecule has 1 aromatic heterocycles. The van der Waals surface area contributed by atoms with Gasteiger partial charge >= 0.3 is 0 Å². The van der Waals surface area contributed by atoms with Crippen LogP contribution in [0.4, 0.5) is 11.6 Å². The highest BCUT2D eigenvalue weighted by Crippen LogP contribution is 2.43. The van der Waals surface area contributed by atoms with Crippen LogP contribution in [0.15, 0.2) is 60.4 Å². The highest BCUT2D eigenvalue weighted by atomic mass is 16.5. The zero-order valence-electron chi connectivity index (χ0n) is 15.4. The van der Waals surface area contributed by atoms with Crippen LogP contribution in [0, 0.1) is 0 Å². The fourth-order valence-corrected chi connectivity index (χ4v) is 3.87. The lowest BCUT2D eigenvalue weighted by Gasteiger charge is -2.30. The summed E-state index contributed by atoms with van der Waals surface area (Å²) in [4.78, 5) is 6.54. The molecule has 2 aromatic carbocycles. The number of anilines is 2. The summed E-state index contributed by atoms with van der Waals surface area (Å²) in [5, 5.41) is 7.99. The van der Waals surface area contributed by atoms with Crippen molar-refractivity contribution >= 4 is 17.3 Å². The SMILES string of the molecule is CN(C)c1ccc([C@@H]2C3=C(Nc4ncnn42)c2ccccc2OCC3)cc1. The zero-order valence-corrected chi connectivity index (χ0v) is 15.4. The molecule has 6 heteroatoms. The largest absolute Gasteiger partial charge is 0.493 e. The third-order valence-electron chi connectivity index (χ3n) is 5.22. The van der Waals surface area contributed by atoms with E-state index in [0.717, 1.165) is 29.4 Å². The van der Waals surface area contributed by atoms with Crippen LogP contribution in [-0.2, 0) is 0 Å². The van der Waals surface area contributed by atoms with E-state index in [4.69, 9.17) is 4.74 Å². The van der Waals surface area contributed by atoms with Gasteiger partial charge in [0.15, 0.2) is 0 Å². The van der Waals surface area contributed by atoms with Gasteiger partial charge in [-0.15, -0.1) is 0 Å². The van der Waals surface area contributed by atoms with Crippen molar-refractivity contribution in [1.82, 2.24) is 14.8 Å². The Labute approximate surface area is 158 Å². The maximum atomic E-state index is 6.01. The molecule has 2 aliphatic rings. The molecule has 136 valence electrons. The maximum Gasteiger partial charge on any atom is 0.226 e. The predicted octanol–water partition coefficient (Wildman–Crippen LogP) is 3.55. The standard InChI is InChI=1S/C21H21N5O/c1-25(2)15-9-7-14(8-10-15)20-17-11-12-27-18-6-4-3-5-16(18)19(17)24-21-22-13-23-26(20)21/h3-10,13,20H,11-12H2,1-2H3,(H,22,23,24)/t20-/m1/s1. The first-order valence-electron chi connectivity index (χ1n) is 9.11. The third kappa shape index (κ3) is 2.56. The monoisotopic (exact) mass is 359 g/mol. The van der Waals surface area contributed by atoms with Crippen LogP contribution in [-0.4, -0.2) is 35.5 Å². The predicted molar refractivity (Wildman–Crippen MR) is 106 cm³/mol. The van der Waals surface area contributed by atoms with E-state index in [1.165, 1.54) is 16.8 Å². The second kappa shape index (κ2) is 6.16. The van der Waals surface area contributed by atoms with Crippen LogP contribution in [0.1, 0.15) is 23.6 Å². The fourth-order valence-electron chi connectivity index (χ4n) is 3.87. The van der Waals surface area contributed by atoms with Gasteiger partial charge in [0, 0.05) is 31.8 Å². The lowest BCUT2D eigenvalue weighted by atomic mass is 9.91. The molecule has 0 fully saturated rings. The molecule has 1 N–H and O–H groups in total. The number of benzene rings is 2. The van der Waals surface area contributed by atoms with E-state index in [1.54, 1.807) is 6.33 Å². The van der Waals surface area contributed by atoms with Gasteiger partial charge in [-0.05, 0) is 35.4 Å². The number of para-hydroxylation sites is 1. The van der Waals surface area contributed by atoms with E-state index in [0.29, 0.717) is 6.61 Å². The van der Waals surface area contributed by atoms with Crippen LogP contribution in [0.5, 0.6) is 5.75 Å². The smallest absolute Gasteiger partial charge is 0.226 e. The molecule has 0 saturated carbocycles. The number of aromatic nitrogens is 3. The van der Waals surface area contributed by atoms with Crippen molar-refractivity contribution in [2.24, 2.45) is 0 Å². The molecule has 0 aliphatic carbocycles. The number of nitrogens with zero attached hydrogens (tertiary/aromatic N) is 4. The van der Waals surface area contributed by atoms with Gasteiger partial charge in [0.1, 0.15) is 18.1 Å². The van der Waals surface area contributed by atoms with E-state index in [2.05, 4.69) is 64.7 Å². The summed E-state index contributed by atoms with van der Waals surface area (Å²) in [7, 11) is 4.10. The van der Waals surface area contributed by atoms with Crippen LogP contribution in [0.2, 0.25) is 0 Å². The second-order valence-corrected chi connectivity index (χ2v) is 7.04. The van der Waals surface area contributed by atoms with Crippen molar-refractivity contribution < 1.29 is 4.74 Å². The summed E-state index contributed by atoms with van der Waals surface area (Å²) in [5.41, 5.74) is 5.81. The number of hydrogen-bond acceptors (Lipinski definition) is 5. The van der Waals surface area contributed by atoms with E-state index in [1.807, 2.05) is 22.9 Å². The number of fused-ring (bicyclic) bond motifs is 3. The Morgan fingerprint density at radius 3 is 2.74 bits per heavy atom. The summed E-state index contributed by atoms with van der Waals surface area (Å²) in [6, 6.07) is 16.8. The topological polar surface area (TPSA) is 55.2 Å². The summed E-state index contributed by atoms with van der Waals surface area (Å²) >= 11 is 0. The molecule has 0 unspecified atom stereocenters. The lowest BCUT2D eigenvalue weighted by molar-refractivity contribution is 0.320. The van der Waals surface area contributed by atoms with Gasteiger partial charge in [-0.1, -0.05) is 24.3 Å². The van der Waals surface area contributed by atoms with Gasteiger partial charge in [-0.3, -0.25) is 0 Å². The molecule has 0 amide bonds. The summed E-state index contributed by atoms with van der Waals surface area (Å²) in [6.07, 6.45) is 2.44. The lowest BCUT2D eigenvalue weighted by Crippen LogP contribution is -2.25. The molecule has 0 bridgehead atoms. The van der Waals surface area contributed by atoms with Crippen molar-refractivity contribution in [3.05, 3.63) is 71.6 Å². The molecule has 27 heavy (non-hydrogen) atoms. The Kier molecular flexibility index (Phi) is 3.63.